The van der Waals surface area contributed by atoms with E-state index in [1.165, 1.54) is 0 Å². The van der Waals surface area contributed by atoms with Crippen LogP contribution in [0.25, 0.3) is 0 Å². The molecule has 1 aromatic rings. The fourth-order valence-corrected chi connectivity index (χ4v) is 3.04. The van der Waals surface area contributed by atoms with E-state index in [1.54, 1.807) is 0 Å². The zero-order chi connectivity index (χ0) is 15.4. The Morgan fingerprint density at radius 3 is 2.76 bits per heavy atom. The number of carboxylic acids is 1. The van der Waals surface area contributed by atoms with Crippen LogP contribution in [0, 0.1) is 25.7 Å². The smallest absolute Gasteiger partial charge is 0.306 e. The number of nitrogens with one attached hydrogen (secondary N) is 1. The normalized spacial score (nSPS) is 21.4. The number of aromatic nitrogens is 1. The van der Waals surface area contributed by atoms with Crippen molar-refractivity contribution >= 4 is 11.9 Å². The lowest BCUT2D eigenvalue weighted by atomic mass is 9.96. The molecular formula is C15H22N2O4. The molecule has 2 atom stereocenters. The van der Waals surface area contributed by atoms with Crippen molar-refractivity contribution in [2.24, 2.45) is 11.8 Å². The van der Waals surface area contributed by atoms with Gasteiger partial charge in [0.05, 0.1) is 11.6 Å². The number of aliphatic carboxylic acids is 1. The van der Waals surface area contributed by atoms with Crippen molar-refractivity contribution in [2.75, 3.05) is 6.54 Å². The number of hydrogen-bond acceptors (Lipinski definition) is 4. The first-order valence-corrected chi connectivity index (χ1v) is 7.40. The van der Waals surface area contributed by atoms with Crippen LogP contribution >= 0.6 is 0 Å². The molecule has 1 aliphatic carbocycles. The minimum absolute atomic E-state index is 0.0500. The van der Waals surface area contributed by atoms with E-state index in [0.717, 1.165) is 36.3 Å². The van der Waals surface area contributed by atoms with E-state index in [4.69, 9.17) is 9.63 Å². The molecule has 0 aromatic carbocycles. The second kappa shape index (κ2) is 6.74. The zero-order valence-corrected chi connectivity index (χ0v) is 12.5. The summed E-state index contributed by atoms with van der Waals surface area (Å²) in [5.74, 6) is -0.297. The van der Waals surface area contributed by atoms with Crippen molar-refractivity contribution in [3.63, 3.8) is 0 Å². The highest BCUT2D eigenvalue weighted by molar-refractivity contribution is 5.76. The maximum Gasteiger partial charge on any atom is 0.306 e. The lowest BCUT2D eigenvalue weighted by molar-refractivity contribution is -0.143. The Hall–Kier alpha value is -1.85. The Bertz CT molecular complexity index is 504. The number of carboxylic acid groups (broad SMARTS) is 1. The summed E-state index contributed by atoms with van der Waals surface area (Å²) in [7, 11) is 0. The monoisotopic (exact) mass is 294 g/mol. The summed E-state index contributed by atoms with van der Waals surface area (Å²) >= 11 is 0. The first kappa shape index (κ1) is 15.5. The third kappa shape index (κ3) is 3.83. The van der Waals surface area contributed by atoms with Gasteiger partial charge in [0.2, 0.25) is 5.91 Å². The lowest BCUT2D eigenvalue weighted by Crippen LogP contribution is -2.33. The number of amides is 1. The first-order valence-electron chi connectivity index (χ1n) is 7.40. The molecular weight excluding hydrogens is 272 g/mol. The van der Waals surface area contributed by atoms with Gasteiger partial charge < -0.3 is 14.9 Å². The Balaban J connectivity index is 1.76. The Labute approximate surface area is 123 Å². The van der Waals surface area contributed by atoms with Crippen LogP contribution in [-0.4, -0.2) is 28.7 Å². The van der Waals surface area contributed by atoms with E-state index in [-0.39, 0.29) is 17.7 Å². The van der Waals surface area contributed by atoms with E-state index in [1.807, 2.05) is 13.8 Å². The van der Waals surface area contributed by atoms with Crippen LogP contribution in [0.15, 0.2) is 4.52 Å². The number of hydrogen-bond donors (Lipinski definition) is 2. The van der Waals surface area contributed by atoms with Crippen molar-refractivity contribution in [3.05, 3.63) is 17.0 Å². The maximum absolute atomic E-state index is 11.9. The summed E-state index contributed by atoms with van der Waals surface area (Å²) in [6, 6.07) is 0. The van der Waals surface area contributed by atoms with Gasteiger partial charge in [-0.05, 0) is 39.0 Å². The number of nitrogens with zero attached hydrogens (tertiary/aromatic N) is 1. The Morgan fingerprint density at radius 1 is 1.38 bits per heavy atom. The minimum atomic E-state index is -0.748. The van der Waals surface area contributed by atoms with E-state index in [9.17, 15) is 9.59 Å². The van der Waals surface area contributed by atoms with Crippen LogP contribution in [0.3, 0.4) is 0 Å². The SMILES string of the molecule is Cc1noc(C)c1CCC(=O)NCC1CCCC1C(=O)O. The molecule has 0 saturated heterocycles. The minimum Gasteiger partial charge on any atom is -0.481 e. The van der Waals surface area contributed by atoms with Gasteiger partial charge >= 0.3 is 5.97 Å². The van der Waals surface area contributed by atoms with Crippen LogP contribution in [0.1, 0.15) is 42.7 Å². The number of carbonyl (C=O) groups is 2. The maximum atomic E-state index is 11.9. The van der Waals surface area contributed by atoms with Gasteiger partial charge in [0, 0.05) is 18.5 Å². The van der Waals surface area contributed by atoms with Crippen molar-refractivity contribution in [3.8, 4) is 0 Å². The van der Waals surface area contributed by atoms with Gasteiger partial charge in [-0.3, -0.25) is 9.59 Å². The topological polar surface area (TPSA) is 92.4 Å². The summed E-state index contributed by atoms with van der Waals surface area (Å²) in [5.41, 5.74) is 1.80. The van der Waals surface area contributed by atoms with Crippen LogP contribution < -0.4 is 5.32 Å². The molecule has 1 heterocycles. The molecule has 21 heavy (non-hydrogen) atoms. The Kier molecular flexibility index (Phi) is 4.98. The average Bonchev–Trinajstić information content (AvgIpc) is 3.02. The van der Waals surface area contributed by atoms with Crippen LogP contribution in [0.5, 0.6) is 0 Å². The van der Waals surface area contributed by atoms with Gasteiger partial charge in [-0.2, -0.15) is 0 Å². The highest BCUT2D eigenvalue weighted by Crippen LogP contribution is 2.31. The van der Waals surface area contributed by atoms with Crippen molar-refractivity contribution in [1.29, 1.82) is 0 Å². The molecule has 2 unspecified atom stereocenters. The summed E-state index contributed by atoms with van der Waals surface area (Å²) in [6.07, 6.45) is 3.49. The fourth-order valence-electron chi connectivity index (χ4n) is 3.04. The van der Waals surface area contributed by atoms with E-state index in [0.29, 0.717) is 19.4 Å². The summed E-state index contributed by atoms with van der Waals surface area (Å²) in [6.45, 7) is 4.15. The molecule has 116 valence electrons. The van der Waals surface area contributed by atoms with Gasteiger partial charge in [0.15, 0.2) is 0 Å². The van der Waals surface area contributed by atoms with E-state index in [2.05, 4.69) is 10.5 Å². The van der Waals surface area contributed by atoms with Gasteiger partial charge in [-0.25, -0.2) is 0 Å². The summed E-state index contributed by atoms with van der Waals surface area (Å²) < 4.78 is 5.06. The average molecular weight is 294 g/mol. The Morgan fingerprint density at radius 2 is 2.14 bits per heavy atom. The molecule has 1 fully saturated rings. The molecule has 0 bridgehead atoms. The standard InChI is InChI=1S/C15H22N2O4/c1-9-12(10(2)21-17-9)6-7-14(18)16-8-11-4-3-5-13(11)15(19)20/h11,13H,3-8H2,1-2H3,(H,16,18)(H,19,20). The van der Waals surface area contributed by atoms with E-state index < -0.39 is 5.97 Å². The summed E-state index contributed by atoms with van der Waals surface area (Å²) in [4.78, 5) is 23.0. The third-order valence-corrected chi connectivity index (χ3v) is 4.32. The molecule has 6 nitrogen and oxygen atoms in total. The van der Waals surface area contributed by atoms with Gasteiger partial charge in [0.1, 0.15) is 5.76 Å². The highest BCUT2D eigenvalue weighted by Gasteiger charge is 2.32. The first-order chi connectivity index (χ1) is 9.99. The predicted molar refractivity (Wildman–Crippen MR) is 75.8 cm³/mol. The van der Waals surface area contributed by atoms with Crippen LogP contribution in [0.4, 0.5) is 0 Å². The molecule has 0 aliphatic heterocycles. The van der Waals surface area contributed by atoms with Crippen molar-refractivity contribution in [2.45, 2.75) is 46.0 Å². The molecule has 1 aliphatic rings. The number of rotatable bonds is 6. The van der Waals surface area contributed by atoms with Crippen molar-refractivity contribution in [1.82, 2.24) is 10.5 Å². The van der Waals surface area contributed by atoms with Crippen molar-refractivity contribution < 1.29 is 19.2 Å². The zero-order valence-electron chi connectivity index (χ0n) is 12.5. The van der Waals surface area contributed by atoms with Crippen LogP contribution in [-0.2, 0) is 16.0 Å². The second-order valence-electron chi connectivity index (χ2n) is 5.74. The molecule has 2 N–H and O–H groups in total. The third-order valence-electron chi connectivity index (χ3n) is 4.32. The molecule has 1 aromatic heterocycles. The largest absolute Gasteiger partial charge is 0.481 e. The molecule has 0 radical (unpaired) electrons. The molecule has 0 spiro atoms. The van der Waals surface area contributed by atoms with Gasteiger partial charge in [-0.15, -0.1) is 0 Å². The quantitative estimate of drug-likeness (QED) is 0.835. The lowest BCUT2D eigenvalue weighted by Gasteiger charge is -2.16. The predicted octanol–water partition coefficient (Wildman–Crippen LogP) is 1.84. The molecule has 2 rings (SSSR count). The highest BCUT2D eigenvalue weighted by atomic mass is 16.5. The number of aryl methyl sites for hydroxylation is 2. The second-order valence-corrected chi connectivity index (χ2v) is 5.74. The molecule has 1 saturated carbocycles. The van der Waals surface area contributed by atoms with Gasteiger partial charge in [0.25, 0.3) is 0 Å². The molecule has 6 heteroatoms. The van der Waals surface area contributed by atoms with E-state index >= 15 is 0 Å². The van der Waals surface area contributed by atoms with Crippen LogP contribution in [0.2, 0.25) is 0 Å². The number of carbonyl (C=O) groups excluding carboxylic acids is 1. The van der Waals surface area contributed by atoms with Gasteiger partial charge in [-0.1, -0.05) is 11.6 Å². The molecule has 1 amide bonds. The fraction of sp³-hybridized carbons (Fsp3) is 0.667. The summed E-state index contributed by atoms with van der Waals surface area (Å²) in [5, 5.41) is 15.8.